The van der Waals surface area contributed by atoms with Gasteiger partial charge in [0, 0.05) is 24.3 Å². The summed E-state index contributed by atoms with van der Waals surface area (Å²) in [6, 6.07) is 11.8. The van der Waals surface area contributed by atoms with Gasteiger partial charge < -0.3 is 9.64 Å². The highest BCUT2D eigenvalue weighted by atomic mass is 32.2. The molecule has 2 aromatic rings. The fourth-order valence-electron chi connectivity index (χ4n) is 3.28. The molecule has 0 spiro atoms. The van der Waals surface area contributed by atoms with Crippen molar-refractivity contribution in [1.29, 1.82) is 0 Å². The zero-order valence-corrected chi connectivity index (χ0v) is 18.0. The number of carbonyl (C=O) groups is 1. The first-order valence-electron chi connectivity index (χ1n) is 9.99. The van der Waals surface area contributed by atoms with E-state index in [9.17, 15) is 13.2 Å². The Morgan fingerprint density at radius 3 is 2.48 bits per heavy atom. The average Bonchev–Trinajstić information content (AvgIpc) is 2.68. The number of amides is 1. The van der Waals surface area contributed by atoms with Gasteiger partial charge in [-0.05, 0) is 66.8 Å². The van der Waals surface area contributed by atoms with Crippen molar-refractivity contribution >= 4 is 27.3 Å². The van der Waals surface area contributed by atoms with Gasteiger partial charge in [-0.15, -0.1) is 0 Å². The molecule has 0 aromatic heterocycles. The van der Waals surface area contributed by atoms with Crippen LogP contribution in [-0.4, -0.2) is 27.5 Å². The molecule has 0 radical (unpaired) electrons. The highest BCUT2D eigenvalue weighted by molar-refractivity contribution is 7.92. The second kappa shape index (κ2) is 8.86. The molecule has 0 aliphatic carbocycles. The Kier molecular flexibility index (Phi) is 6.47. The molecule has 0 atom stereocenters. The molecule has 1 heterocycles. The molecule has 0 bridgehead atoms. The Labute approximate surface area is 172 Å². The second-order valence-electron chi connectivity index (χ2n) is 7.67. The van der Waals surface area contributed by atoms with E-state index in [4.69, 9.17) is 4.74 Å². The summed E-state index contributed by atoms with van der Waals surface area (Å²) in [5, 5.41) is 0. The Balaban J connectivity index is 1.76. The summed E-state index contributed by atoms with van der Waals surface area (Å²) in [6.07, 6.45) is 1.93. The Morgan fingerprint density at radius 2 is 1.83 bits per heavy atom. The lowest BCUT2D eigenvalue weighted by Gasteiger charge is -2.29. The molecule has 29 heavy (non-hydrogen) atoms. The SMILES string of the molecule is CCCN1C(=O)CCc2cc(NS(=O)(=O)c3ccc(OCC(C)C)cc3)ccc21. The predicted octanol–water partition coefficient (Wildman–Crippen LogP) is 4.21. The summed E-state index contributed by atoms with van der Waals surface area (Å²) in [6.45, 7) is 7.39. The molecule has 1 N–H and O–H groups in total. The zero-order valence-electron chi connectivity index (χ0n) is 17.1. The van der Waals surface area contributed by atoms with Gasteiger partial charge in [-0.3, -0.25) is 9.52 Å². The number of ether oxygens (including phenoxy) is 1. The van der Waals surface area contributed by atoms with Crippen LogP contribution in [0.4, 0.5) is 11.4 Å². The van der Waals surface area contributed by atoms with Gasteiger partial charge in [0.1, 0.15) is 5.75 Å². The maximum atomic E-state index is 12.7. The van der Waals surface area contributed by atoms with Crippen LogP contribution in [0.2, 0.25) is 0 Å². The molecule has 3 rings (SSSR count). The van der Waals surface area contributed by atoms with Gasteiger partial charge >= 0.3 is 0 Å². The van der Waals surface area contributed by atoms with Crippen molar-refractivity contribution in [3.63, 3.8) is 0 Å². The van der Waals surface area contributed by atoms with Crippen LogP contribution in [0.1, 0.15) is 39.2 Å². The van der Waals surface area contributed by atoms with Crippen LogP contribution in [-0.2, 0) is 21.2 Å². The highest BCUT2D eigenvalue weighted by Gasteiger charge is 2.24. The van der Waals surface area contributed by atoms with Gasteiger partial charge in [0.2, 0.25) is 5.91 Å². The summed E-state index contributed by atoms with van der Waals surface area (Å²) < 4.78 is 33.7. The average molecular weight is 417 g/mol. The molecular formula is C22H28N2O4S. The molecule has 1 aliphatic heterocycles. The number of aryl methyl sites for hydroxylation is 1. The van der Waals surface area contributed by atoms with E-state index in [1.165, 1.54) is 12.1 Å². The minimum absolute atomic E-state index is 0.118. The van der Waals surface area contributed by atoms with Crippen molar-refractivity contribution in [3.05, 3.63) is 48.0 Å². The zero-order chi connectivity index (χ0) is 21.0. The minimum atomic E-state index is -3.71. The topological polar surface area (TPSA) is 75.7 Å². The lowest BCUT2D eigenvalue weighted by Crippen LogP contribution is -2.35. The predicted molar refractivity (Wildman–Crippen MR) is 115 cm³/mol. The first-order chi connectivity index (χ1) is 13.8. The van der Waals surface area contributed by atoms with Crippen molar-refractivity contribution in [1.82, 2.24) is 0 Å². The molecule has 7 heteroatoms. The number of fused-ring (bicyclic) bond motifs is 1. The fourth-order valence-corrected chi connectivity index (χ4v) is 4.33. The number of hydrogen-bond donors (Lipinski definition) is 1. The molecular weight excluding hydrogens is 388 g/mol. The van der Waals surface area contributed by atoms with Crippen LogP contribution in [0.5, 0.6) is 5.75 Å². The largest absolute Gasteiger partial charge is 0.493 e. The number of carbonyl (C=O) groups excluding carboxylic acids is 1. The molecule has 1 aliphatic rings. The molecule has 6 nitrogen and oxygen atoms in total. The van der Waals surface area contributed by atoms with Gasteiger partial charge in [0.25, 0.3) is 10.0 Å². The summed E-state index contributed by atoms with van der Waals surface area (Å²) in [4.78, 5) is 14.1. The Hall–Kier alpha value is -2.54. The lowest BCUT2D eigenvalue weighted by atomic mass is 10.0. The Bertz CT molecular complexity index is 969. The monoisotopic (exact) mass is 416 g/mol. The van der Waals surface area contributed by atoms with Gasteiger partial charge in [-0.25, -0.2) is 8.42 Å². The van der Waals surface area contributed by atoms with Crippen LogP contribution in [0.25, 0.3) is 0 Å². The van der Waals surface area contributed by atoms with E-state index in [0.29, 0.717) is 43.3 Å². The maximum absolute atomic E-state index is 12.7. The third kappa shape index (κ3) is 5.09. The molecule has 156 valence electrons. The van der Waals surface area contributed by atoms with E-state index < -0.39 is 10.0 Å². The maximum Gasteiger partial charge on any atom is 0.261 e. The third-order valence-corrected chi connectivity index (χ3v) is 6.09. The standard InChI is InChI=1S/C22H28N2O4S/c1-4-13-24-21-11-6-18(14-17(21)5-12-22(24)25)23-29(26,27)20-9-7-19(8-10-20)28-15-16(2)3/h6-11,14,16,23H,4-5,12-13,15H2,1-3H3. The van der Waals surface area contributed by atoms with Crippen molar-refractivity contribution in [3.8, 4) is 5.75 Å². The smallest absolute Gasteiger partial charge is 0.261 e. The fraction of sp³-hybridized carbons (Fsp3) is 0.409. The van der Waals surface area contributed by atoms with Crippen LogP contribution in [0.3, 0.4) is 0 Å². The minimum Gasteiger partial charge on any atom is -0.493 e. The van der Waals surface area contributed by atoms with Gasteiger partial charge in [-0.2, -0.15) is 0 Å². The van der Waals surface area contributed by atoms with Gasteiger partial charge in [-0.1, -0.05) is 20.8 Å². The number of benzene rings is 2. The van der Waals surface area contributed by atoms with E-state index in [1.807, 2.05) is 19.1 Å². The summed E-state index contributed by atoms with van der Waals surface area (Å²) in [5.74, 6) is 1.16. The van der Waals surface area contributed by atoms with E-state index >= 15 is 0 Å². The van der Waals surface area contributed by atoms with E-state index in [-0.39, 0.29) is 10.8 Å². The molecule has 0 saturated heterocycles. The quantitative estimate of drug-likeness (QED) is 0.699. The third-order valence-electron chi connectivity index (χ3n) is 4.70. The summed E-state index contributed by atoms with van der Waals surface area (Å²) in [7, 11) is -3.71. The molecule has 0 saturated carbocycles. The summed E-state index contributed by atoms with van der Waals surface area (Å²) >= 11 is 0. The van der Waals surface area contributed by atoms with Crippen molar-refractivity contribution in [2.45, 2.75) is 44.9 Å². The highest BCUT2D eigenvalue weighted by Crippen LogP contribution is 2.31. The first-order valence-corrected chi connectivity index (χ1v) is 11.5. The summed E-state index contributed by atoms with van der Waals surface area (Å²) in [5.41, 5.74) is 2.35. The number of rotatable bonds is 8. The van der Waals surface area contributed by atoms with Gasteiger partial charge in [0.05, 0.1) is 11.5 Å². The van der Waals surface area contributed by atoms with Crippen LogP contribution in [0, 0.1) is 5.92 Å². The number of sulfonamides is 1. The van der Waals surface area contributed by atoms with Crippen LogP contribution in [0.15, 0.2) is 47.4 Å². The van der Waals surface area contributed by atoms with Crippen molar-refractivity contribution < 1.29 is 17.9 Å². The first kappa shape index (κ1) is 21.2. The number of nitrogens with zero attached hydrogens (tertiary/aromatic N) is 1. The molecule has 1 amide bonds. The van der Waals surface area contributed by atoms with E-state index in [1.54, 1.807) is 23.1 Å². The lowest BCUT2D eigenvalue weighted by molar-refractivity contribution is -0.118. The van der Waals surface area contributed by atoms with E-state index in [0.717, 1.165) is 17.7 Å². The van der Waals surface area contributed by atoms with Crippen molar-refractivity contribution in [2.75, 3.05) is 22.8 Å². The molecule has 0 unspecified atom stereocenters. The van der Waals surface area contributed by atoms with E-state index in [2.05, 4.69) is 18.6 Å². The molecule has 0 fully saturated rings. The van der Waals surface area contributed by atoms with Crippen LogP contribution >= 0.6 is 0 Å². The van der Waals surface area contributed by atoms with Crippen molar-refractivity contribution in [2.24, 2.45) is 5.92 Å². The number of nitrogens with one attached hydrogen (secondary N) is 1. The molecule has 2 aromatic carbocycles. The number of anilines is 2. The Morgan fingerprint density at radius 1 is 1.10 bits per heavy atom. The number of hydrogen-bond acceptors (Lipinski definition) is 4. The second-order valence-corrected chi connectivity index (χ2v) is 9.35. The van der Waals surface area contributed by atoms with Gasteiger partial charge in [0.15, 0.2) is 0 Å². The normalized spacial score (nSPS) is 14.1. The van der Waals surface area contributed by atoms with Crippen LogP contribution < -0.4 is 14.4 Å².